The van der Waals surface area contributed by atoms with Gasteiger partial charge in [-0.1, -0.05) is 28.4 Å². The maximum atomic E-state index is 12.6. The molecule has 1 N–H and O–H groups in total. The van der Waals surface area contributed by atoms with E-state index >= 15 is 0 Å². The summed E-state index contributed by atoms with van der Waals surface area (Å²) in [4.78, 5) is -0.177. The molecule has 11 heteroatoms. The Labute approximate surface area is 177 Å². The van der Waals surface area contributed by atoms with Gasteiger partial charge in [-0.2, -0.15) is 0 Å². The van der Waals surface area contributed by atoms with Crippen LogP contribution in [0.15, 0.2) is 45.8 Å². The number of anilines is 1. The predicted octanol–water partition coefficient (Wildman–Crippen LogP) is 4.48. The number of methoxy groups -OCH3 is 3. The molecule has 0 saturated heterocycles. The Balaban J connectivity index is 1.95. The summed E-state index contributed by atoms with van der Waals surface area (Å²) in [5.74, 6) is 1.47. The van der Waals surface area contributed by atoms with Crippen LogP contribution in [0.1, 0.15) is 0 Å². The van der Waals surface area contributed by atoms with Crippen LogP contribution in [0.4, 0.5) is 5.82 Å². The maximum absolute atomic E-state index is 12.6. The average Bonchev–Trinajstić information content (AvgIpc) is 3.16. The van der Waals surface area contributed by atoms with Crippen LogP contribution in [-0.4, -0.2) is 34.9 Å². The molecular formula is C18H16Cl2N2O6S. The first-order valence-electron chi connectivity index (χ1n) is 8.04. The molecule has 3 rings (SSSR count). The van der Waals surface area contributed by atoms with Gasteiger partial charge in [0.2, 0.25) is 5.75 Å². The summed E-state index contributed by atoms with van der Waals surface area (Å²) in [6.45, 7) is 0. The molecule has 29 heavy (non-hydrogen) atoms. The minimum absolute atomic E-state index is 0.0234. The highest BCUT2D eigenvalue weighted by atomic mass is 35.5. The zero-order valence-corrected chi connectivity index (χ0v) is 17.9. The lowest BCUT2D eigenvalue weighted by molar-refractivity contribution is 0.324. The van der Waals surface area contributed by atoms with Gasteiger partial charge in [0.15, 0.2) is 23.1 Å². The molecule has 0 saturated carbocycles. The molecule has 0 atom stereocenters. The van der Waals surface area contributed by atoms with Crippen molar-refractivity contribution in [1.82, 2.24) is 5.16 Å². The molecule has 0 aliphatic rings. The Hall–Kier alpha value is -2.62. The first kappa shape index (κ1) is 21.1. The lowest BCUT2D eigenvalue weighted by Crippen LogP contribution is -2.13. The normalized spacial score (nSPS) is 11.2. The fourth-order valence-corrected chi connectivity index (χ4v) is 4.31. The zero-order valence-electron chi connectivity index (χ0n) is 15.5. The van der Waals surface area contributed by atoms with Crippen molar-refractivity contribution in [1.29, 1.82) is 0 Å². The quantitative estimate of drug-likeness (QED) is 0.556. The van der Waals surface area contributed by atoms with E-state index in [4.69, 9.17) is 41.9 Å². The first-order valence-corrected chi connectivity index (χ1v) is 10.3. The van der Waals surface area contributed by atoms with Crippen LogP contribution in [0, 0.1) is 0 Å². The molecule has 0 aliphatic heterocycles. The maximum Gasteiger partial charge on any atom is 0.264 e. The summed E-state index contributed by atoms with van der Waals surface area (Å²) < 4.78 is 48.7. The summed E-state index contributed by atoms with van der Waals surface area (Å²) >= 11 is 11.9. The van der Waals surface area contributed by atoms with E-state index in [1.54, 1.807) is 12.1 Å². The fourth-order valence-electron chi connectivity index (χ4n) is 2.56. The van der Waals surface area contributed by atoms with Gasteiger partial charge in [-0.3, -0.25) is 4.72 Å². The van der Waals surface area contributed by atoms with E-state index in [0.29, 0.717) is 22.8 Å². The van der Waals surface area contributed by atoms with Crippen LogP contribution in [0.3, 0.4) is 0 Å². The third-order valence-electron chi connectivity index (χ3n) is 3.88. The molecule has 1 heterocycles. The Morgan fingerprint density at radius 1 is 0.966 bits per heavy atom. The molecule has 0 amide bonds. The van der Waals surface area contributed by atoms with Crippen molar-refractivity contribution in [3.63, 3.8) is 0 Å². The van der Waals surface area contributed by atoms with Gasteiger partial charge in [0.05, 0.1) is 26.4 Å². The second-order valence-corrected chi connectivity index (χ2v) is 8.17. The highest BCUT2D eigenvalue weighted by Gasteiger charge is 2.22. The van der Waals surface area contributed by atoms with Crippen molar-refractivity contribution in [2.75, 3.05) is 26.1 Å². The summed E-state index contributed by atoms with van der Waals surface area (Å²) in [6, 6.07) is 8.83. The van der Waals surface area contributed by atoms with E-state index in [2.05, 4.69) is 9.88 Å². The second-order valence-electron chi connectivity index (χ2n) is 5.67. The molecule has 0 spiro atoms. The molecule has 154 valence electrons. The minimum Gasteiger partial charge on any atom is -0.493 e. The van der Waals surface area contributed by atoms with Gasteiger partial charge in [0, 0.05) is 16.7 Å². The molecule has 0 fully saturated rings. The van der Waals surface area contributed by atoms with Crippen molar-refractivity contribution < 1.29 is 27.2 Å². The van der Waals surface area contributed by atoms with Gasteiger partial charge < -0.3 is 18.7 Å². The van der Waals surface area contributed by atoms with Crippen LogP contribution in [0.2, 0.25) is 10.0 Å². The number of aromatic nitrogens is 1. The number of nitrogens with one attached hydrogen (secondary N) is 1. The first-order chi connectivity index (χ1) is 13.8. The number of hydrogen-bond donors (Lipinski definition) is 1. The summed E-state index contributed by atoms with van der Waals surface area (Å²) in [5, 5.41) is 4.01. The van der Waals surface area contributed by atoms with Gasteiger partial charge in [-0.25, -0.2) is 8.42 Å². The van der Waals surface area contributed by atoms with Crippen molar-refractivity contribution in [2.24, 2.45) is 0 Å². The van der Waals surface area contributed by atoms with E-state index in [-0.39, 0.29) is 26.5 Å². The standard InChI is InChI=1S/C18H16Cl2N2O6S/c1-25-14-6-10(7-15(26-2)18(14)27-3)13-9-17(21-28-13)22-29(23,24)16-8-11(19)4-5-12(16)20/h4-9H,1-3H3,(H,21,22). The van der Waals surface area contributed by atoms with Gasteiger partial charge in [0.25, 0.3) is 10.0 Å². The zero-order chi connectivity index (χ0) is 21.2. The molecule has 0 radical (unpaired) electrons. The number of benzene rings is 2. The molecule has 0 aliphatic carbocycles. The molecule has 8 nitrogen and oxygen atoms in total. The summed E-state index contributed by atoms with van der Waals surface area (Å²) in [5.41, 5.74) is 0.540. The minimum atomic E-state index is -4.03. The number of nitrogens with zero attached hydrogens (tertiary/aromatic N) is 1. The SMILES string of the molecule is COc1cc(-c2cc(NS(=O)(=O)c3cc(Cl)ccc3Cl)no2)cc(OC)c1OC. The number of rotatable bonds is 7. The van der Waals surface area contributed by atoms with Gasteiger partial charge >= 0.3 is 0 Å². The smallest absolute Gasteiger partial charge is 0.264 e. The lowest BCUT2D eigenvalue weighted by atomic mass is 10.1. The number of sulfonamides is 1. The van der Waals surface area contributed by atoms with Crippen molar-refractivity contribution >= 4 is 39.0 Å². The summed E-state index contributed by atoms with van der Waals surface area (Å²) in [6.07, 6.45) is 0. The average molecular weight is 459 g/mol. The molecule has 2 aromatic carbocycles. The lowest BCUT2D eigenvalue weighted by Gasteiger charge is -2.12. The number of hydrogen-bond acceptors (Lipinski definition) is 7. The predicted molar refractivity (Wildman–Crippen MR) is 109 cm³/mol. The molecule has 0 unspecified atom stereocenters. The molecule has 1 aromatic heterocycles. The van der Waals surface area contributed by atoms with Gasteiger partial charge in [0.1, 0.15) is 4.90 Å². The molecule has 3 aromatic rings. The van der Waals surface area contributed by atoms with Crippen molar-refractivity contribution in [2.45, 2.75) is 4.90 Å². The molecular weight excluding hydrogens is 443 g/mol. The third kappa shape index (κ3) is 4.36. The monoisotopic (exact) mass is 458 g/mol. The van der Waals surface area contributed by atoms with E-state index < -0.39 is 10.0 Å². The van der Waals surface area contributed by atoms with Crippen LogP contribution in [0.5, 0.6) is 17.2 Å². The Bertz CT molecular complexity index is 1120. The van der Waals surface area contributed by atoms with E-state index in [9.17, 15) is 8.42 Å². The van der Waals surface area contributed by atoms with Gasteiger partial charge in [-0.15, -0.1) is 0 Å². The largest absolute Gasteiger partial charge is 0.493 e. The van der Waals surface area contributed by atoms with Crippen LogP contribution >= 0.6 is 23.2 Å². The number of halogens is 2. The van der Waals surface area contributed by atoms with Crippen LogP contribution < -0.4 is 18.9 Å². The van der Waals surface area contributed by atoms with Gasteiger partial charge in [-0.05, 0) is 30.3 Å². The molecule has 0 bridgehead atoms. The number of ether oxygens (including phenoxy) is 3. The second kappa shape index (κ2) is 8.40. The Kier molecular flexibility index (Phi) is 6.11. The highest BCUT2D eigenvalue weighted by Crippen LogP contribution is 2.41. The highest BCUT2D eigenvalue weighted by molar-refractivity contribution is 7.92. The van der Waals surface area contributed by atoms with Crippen LogP contribution in [-0.2, 0) is 10.0 Å². The van der Waals surface area contributed by atoms with Crippen molar-refractivity contribution in [3.8, 4) is 28.6 Å². The topological polar surface area (TPSA) is 99.9 Å². The fraction of sp³-hybridized carbons (Fsp3) is 0.167. The Morgan fingerprint density at radius 3 is 2.21 bits per heavy atom. The Morgan fingerprint density at radius 2 is 1.62 bits per heavy atom. The third-order valence-corrected chi connectivity index (χ3v) is 5.95. The summed E-state index contributed by atoms with van der Waals surface area (Å²) in [7, 11) is 0.422. The van der Waals surface area contributed by atoms with Crippen molar-refractivity contribution in [3.05, 3.63) is 46.4 Å². The van der Waals surface area contributed by atoms with E-state index in [1.807, 2.05) is 0 Å². The van der Waals surface area contributed by atoms with Crippen LogP contribution in [0.25, 0.3) is 11.3 Å². The van der Waals surface area contributed by atoms with E-state index in [1.165, 1.54) is 45.6 Å². The van der Waals surface area contributed by atoms with E-state index in [0.717, 1.165) is 0 Å².